The number of rotatable bonds is 5. The number of nitrogens with one attached hydrogen (secondary N) is 1. The van der Waals surface area contributed by atoms with Gasteiger partial charge in [-0.15, -0.1) is 0 Å². The summed E-state index contributed by atoms with van der Waals surface area (Å²) in [6.07, 6.45) is 6.91. The third kappa shape index (κ3) is 4.71. The van der Waals surface area contributed by atoms with Crippen LogP contribution in [0.5, 0.6) is 0 Å². The molecule has 2 fully saturated rings. The Labute approximate surface area is 126 Å². The maximum atomic E-state index is 3.49. The Bertz CT molecular complexity index is 261. The van der Waals surface area contributed by atoms with Crippen LogP contribution in [0.2, 0.25) is 0 Å². The summed E-state index contributed by atoms with van der Waals surface area (Å²) >= 11 is 0. The van der Waals surface area contributed by atoms with Crippen LogP contribution < -0.4 is 5.32 Å². The third-order valence-corrected chi connectivity index (χ3v) is 5.34. The van der Waals surface area contributed by atoms with Gasteiger partial charge in [0.2, 0.25) is 0 Å². The fraction of sp³-hybridized carbons (Fsp3) is 1.00. The van der Waals surface area contributed by atoms with Crippen molar-refractivity contribution in [3.05, 3.63) is 0 Å². The second-order valence-electron chi connectivity index (χ2n) is 7.00. The van der Waals surface area contributed by atoms with Gasteiger partial charge in [0.05, 0.1) is 0 Å². The van der Waals surface area contributed by atoms with Crippen LogP contribution in [-0.2, 0) is 0 Å². The zero-order valence-corrected chi connectivity index (χ0v) is 13.9. The lowest BCUT2D eigenvalue weighted by atomic mass is 9.96. The van der Waals surface area contributed by atoms with E-state index >= 15 is 0 Å². The van der Waals surface area contributed by atoms with Gasteiger partial charge in [-0.1, -0.05) is 6.92 Å². The van der Waals surface area contributed by atoms with Gasteiger partial charge in [-0.3, -0.25) is 0 Å². The summed E-state index contributed by atoms with van der Waals surface area (Å²) in [5.41, 5.74) is 0. The minimum atomic E-state index is 0.716. The number of piperidine rings is 1. The molecule has 3 nitrogen and oxygen atoms in total. The van der Waals surface area contributed by atoms with Crippen LogP contribution in [-0.4, -0.2) is 61.2 Å². The summed E-state index contributed by atoms with van der Waals surface area (Å²) in [5, 5.41) is 3.49. The highest BCUT2D eigenvalue weighted by Crippen LogP contribution is 2.21. The molecular formula is C17H35N3. The van der Waals surface area contributed by atoms with Gasteiger partial charge < -0.3 is 15.1 Å². The van der Waals surface area contributed by atoms with Crippen molar-refractivity contribution in [1.82, 2.24) is 15.1 Å². The van der Waals surface area contributed by atoms with Crippen LogP contribution in [0.4, 0.5) is 0 Å². The van der Waals surface area contributed by atoms with Crippen molar-refractivity contribution in [3.8, 4) is 0 Å². The molecule has 1 N–H and O–H groups in total. The van der Waals surface area contributed by atoms with E-state index in [1.54, 1.807) is 0 Å². The summed E-state index contributed by atoms with van der Waals surface area (Å²) in [5.74, 6) is 0.931. The monoisotopic (exact) mass is 281 g/mol. The maximum Gasteiger partial charge on any atom is 0.0108 e. The van der Waals surface area contributed by atoms with Crippen LogP contribution in [0.3, 0.4) is 0 Å². The average molecular weight is 281 g/mol. The number of hydrogen-bond acceptors (Lipinski definition) is 3. The first-order valence-electron chi connectivity index (χ1n) is 8.89. The molecule has 0 aromatic rings. The topological polar surface area (TPSA) is 18.5 Å². The standard InChI is InChI=1S/C17H35N3/c1-4-19(14-16-7-10-18-11-8-16)17-6-5-12-20(13-9-17)15(2)3/h15-18H,4-14H2,1-3H3. The minimum Gasteiger partial charge on any atom is -0.317 e. The van der Waals surface area contributed by atoms with Gasteiger partial charge in [0.1, 0.15) is 0 Å². The third-order valence-electron chi connectivity index (χ3n) is 5.34. The molecule has 118 valence electrons. The van der Waals surface area contributed by atoms with E-state index < -0.39 is 0 Å². The molecular weight excluding hydrogens is 246 g/mol. The molecule has 2 saturated heterocycles. The Hall–Kier alpha value is -0.120. The van der Waals surface area contributed by atoms with E-state index in [9.17, 15) is 0 Å². The number of hydrogen-bond donors (Lipinski definition) is 1. The zero-order valence-electron chi connectivity index (χ0n) is 13.9. The Kier molecular flexibility index (Phi) is 6.79. The van der Waals surface area contributed by atoms with Gasteiger partial charge in [-0.25, -0.2) is 0 Å². The minimum absolute atomic E-state index is 0.716. The summed E-state index contributed by atoms with van der Waals surface area (Å²) < 4.78 is 0. The average Bonchev–Trinajstić information content (AvgIpc) is 2.72. The second-order valence-corrected chi connectivity index (χ2v) is 7.00. The molecule has 2 aliphatic rings. The largest absolute Gasteiger partial charge is 0.317 e. The summed E-state index contributed by atoms with van der Waals surface area (Å²) in [7, 11) is 0. The number of nitrogens with zero attached hydrogens (tertiary/aromatic N) is 2. The van der Waals surface area contributed by atoms with E-state index in [0.717, 1.165) is 12.0 Å². The van der Waals surface area contributed by atoms with Gasteiger partial charge in [0.15, 0.2) is 0 Å². The quantitative estimate of drug-likeness (QED) is 0.835. The van der Waals surface area contributed by atoms with Crippen molar-refractivity contribution in [2.75, 3.05) is 39.3 Å². The van der Waals surface area contributed by atoms with Crippen LogP contribution in [0.15, 0.2) is 0 Å². The van der Waals surface area contributed by atoms with Crippen molar-refractivity contribution in [2.24, 2.45) is 5.92 Å². The first-order chi connectivity index (χ1) is 9.70. The molecule has 0 aliphatic carbocycles. The van der Waals surface area contributed by atoms with Crippen LogP contribution in [0.1, 0.15) is 52.9 Å². The van der Waals surface area contributed by atoms with Gasteiger partial charge in [0.25, 0.3) is 0 Å². The first-order valence-corrected chi connectivity index (χ1v) is 8.89. The van der Waals surface area contributed by atoms with Gasteiger partial charge in [0, 0.05) is 18.6 Å². The summed E-state index contributed by atoms with van der Waals surface area (Å²) in [6.45, 7) is 14.7. The van der Waals surface area contributed by atoms with Crippen molar-refractivity contribution in [2.45, 2.75) is 65.0 Å². The molecule has 2 heterocycles. The maximum absolute atomic E-state index is 3.49. The van der Waals surface area contributed by atoms with E-state index in [2.05, 4.69) is 35.9 Å². The van der Waals surface area contributed by atoms with E-state index in [1.165, 1.54) is 71.4 Å². The lowest BCUT2D eigenvalue weighted by molar-refractivity contribution is 0.143. The number of likely N-dealkylation sites (tertiary alicyclic amines) is 1. The van der Waals surface area contributed by atoms with Crippen LogP contribution in [0.25, 0.3) is 0 Å². The van der Waals surface area contributed by atoms with E-state index in [-0.39, 0.29) is 0 Å². The second kappa shape index (κ2) is 8.35. The predicted molar refractivity (Wildman–Crippen MR) is 87.2 cm³/mol. The normalized spacial score (nSPS) is 27.1. The summed E-state index contributed by atoms with van der Waals surface area (Å²) in [6, 6.07) is 1.55. The Morgan fingerprint density at radius 1 is 1.10 bits per heavy atom. The molecule has 0 radical (unpaired) electrons. The summed E-state index contributed by atoms with van der Waals surface area (Å²) in [4.78, 5) is 5.46. The van der Waals surface area contributed by atoms with Crippen molar-refractivity contribution < 1.29 is 0 Å². The zero-order chi connectivity index (χ0) is 14.4. The Balaban J connectivity index is 1.83. The lowest BCUT2D eigenvalue weighted by Crippen LogP contribution is -2.42. The van der Waals surface area contributed by atoms with Crippen molar-refractivity contribution in [3.63, 3.8) is 0 Å². The molecule has 1 unspecified atom stereocenters. The van der Waals surface area contributed by atoms with Crippen LogP contribution in [0, 0.1) is 5.92 Å². The van der Waals surface area contributed by atoms with Gasteiger partial charge in [-0.2, -0.15) is 0 Å². The van der Waals surface area contributed by atoms with Crippen molar-refractivity contribution in [1.29, 1.82) is 0 Å². The van der Waals surface area contributed by atoms with Gasteiger partial charge >= 0.3 is 0 Å². The smallest absolute Gasteiger partial charge is 0.0108 e. The molecule has 0 aromatic heterocycles. The molecule has 0 aromatic carbocycles. The molecule has 2 rings (SSSR count). The predicted octanol–water partition coefficient (Wildman–Crippen LogP) is 2.57. The molecule has 0 saturated carbocycles. The molecule has 0 amide bonds. The highest BCUT2D eigenvalue weighted by molar-refractivity contribution is 4.81. The first kappa shape index (κ1) is 16.3. The molecule has 2 aliphatic heterocycles. The Morgan fingerprint density at radius 3 is 2.50 bits per heavy atom. The highest BCUT2D eigenvalue weighted by Gasteiger charge is 2.25. The fourth-order valence-corrected chi connectivity index (χ4v) is 3.91. The Morgan fingerprint density at radius 2 is 1.85 bits per heavy atom. The molecule has 1 atom stereocenters. The fourth-order valence-electron chi connectivity index (χ4n) is 3.91. The molecule has 0 bridgehead atoms. The molecule has 20 heavy (non-hydrogen) atoms. The molecule has 3 heteroatoms. The highest BCUT2D eigenvalue weighted by atomic mass is 15.2. The van der Waals surface area contributed by atoms with Crippen LogP contribution >= 0.6 is 0 Å². The van der Waals surface area contributed by atoms with Crippen molar-refractivity contribution >= 4 is 0 Å². The van der Waals surface area contributed by atoms with E-state index in [4.69, 9.17) is 0 Å². The SMILES string of the molecule is CCN(CC1CCNCC1)C1CCCN(C(C)C)CC1. The van der Waals surface area contributed by atoms with E-state index in [1.807, 2.05) is 0 Å². The lowest BCUT2D eigenvalue weighted by Gasteiger charge is -2.35. The van der Waals surface area contributed by atoms with E-state index in [0.29, 0.717) is 6.04 Å². The molecule has 0 spiro atoms. The van der Waals surface area contributed by atoms with Gasteiger partial charge in [-0.05, 0) is 84.6 Å².